The van der Waals surface area contributed by atoms with Crippen LogP contribution in [0.5, 0.6) is 0 Å². The zero-order valence-corrected chi connectivity index (χ0v) is 6.95. The van der Waals surface area contributed by atoms with E-state index in [9.17, 15) is 14.9 Å². The molecule has 0 atom stereocenters. The third-order valence-electron chi connectivity index (χ3n) is 1.86. The van der Waals surface area contributed by atoms with Gasteiger partial charge in [-0.05, 0) is 12.1 Å². The molecule has 0 aliphatic rings. The van der Waals surface area contributed by atoms with Crippen LogP contribution in [0.2, 0.25) is 0 Å². The number of benzene rings is 1. The van der Waals surface area contributed by atoms with E-state index in [1.54, 1.807) is 24.3 Å². The van der Waals surface area contributed by atoms with Crippen LogP contribution in [0.4, 0.5) is 0 Å². The largest absolute Gasteiger partial charge is 0.339 e. The summed E-state index contributed by atoms with van der Waals surface area (Å²) in [5.74, 6) is 0. The van der Waals surface area contributed by atoms with E-state index in [1.807, 2.05) is 0 Å². The van der Waals surface area contributed by atoms with Gasteiger partial charge in [-0.2, -0.15) is 0 Å². The van der Waals surface area contributed by atoms with Gasteiger partial charge in [0.25, 0.3) is 0 Å². The molecule has 6 nitrogen and oxygen atoms in total. The summed E-state index contributed by atoms with van der Waals surface area (Å²) < 4.78 is 0. The number of nitrogens with zero attached hydrogens (tertiary/aromatic N) is 3. The maximum atomic E-state index is 10.6. The number of hydrogen-bond acceptors (Lipinski definition) is 4. The lowest BCUT2D eigenvalue weighted by molar-refractivity contribution is -0.552. The van der Waals surface area contributed by atoms with Crippen LogP contribution in [0.1, 0.15) is 10.5 Å². The molecule has 0 bridgehead atoms. The summed E-state index contributed by atoms with van der Waals surface area (Å²) in [5.41, 5.74) is 0.400. The van der Waals surface area contributed by atoms with Crippen LogP contribution < -0.4 is 0 Å². The molecule has 70 valence electrons. The SMILES string of the molecule is O=Cc1c2ccccc2nn1[N+](=O)[O-]. The molecule has 0 aliphatic carbocycles. The highest BCUT2D eigenvalue weighted by Crippen LogP contribution is 2.15. The van der Waals surface area contributed by atoms with Crippen molar-refractivity contribution in [1.29, 1.82) is 0 Å². The predicted molar refractivity (Wildman–Crippen MR) is 47.5 cm³/mol. The fourth-order valence-electron chi connectivity index (χ4n) is 1.28. The normalized spacial score (nSPS) is 10.3. The van der Waals surface area contributed by atoms with Crippen molar-refractivity contribution < 1.29 is 9.83 Å². The maximum absolute atomic E-state index is 10.6. The smallest absolute Gasteiger partial charge is 0.211 e. The van der Waals surface area contributed by atoms with E-state index in [0.29, 0.717) is 22.0 Å². The van der Waals surface area contributed by atoms with Crippen LogP contribution in [-0.2, 0) is 0 Å². The van der Waals surface area contributed by atoms with Crippen LogP contribution in [-0.4, -0.2) is 21.2 Å². The lowest BCUT2D eigenvalue weighted by atomic mass is 10.2. The molecule has 0 saturated carbocycles. The van der Waals surface area contributed by atoms with E-state index >= 15 is 0 Å². The first-order valence-electron chi connectivity index (χ1n) is 3.81. The van der Waals surface area contributed by atoms with E-state index in [4.69, 9.17) is 0 Å². The van der Waals surface area contributed by atoms with Gasteiger partial charge < -0.3 is 10.1 Å². The summed E-state index contributed by atoms with van der Waals surface area (Å²) in [6.07, 6.45) is 0.429. The molecule has 0 unspecified atom stereocenters. The van der Waals surface area contributed by atoms with Crippen LogP contribution in [0.15, 0.2) is 24.3 Å². The van der Waals surface area contributed by atoms with Crippen LogP contribution in [0.3, 0.4) is 0 Å². The maximum Gasteiger partial charge on any atom is 0.211 e. The summed E-state index contributed by atoms with van der Waals surface area (Å²) >= 11 is 0. The van der Waals surface area contributed by atoms with Gasteiger partial charge in [0, 0.05) is 4.79 Å². The van der Waals surface area contributed by atoms with Crippen molar-refractivity contribution in [3.05, 3.63) is 40.1 Å². The summed E-state index contributed by atoms with van der Waals surface area (Å²) in [7, 11) is 0. The fourth-order valence-corrected chi connectivity index (χ4v) is 1.28. The van der Waals surface area contributed by atoms with E-state index in [0.717, 1.165) is 0 Å². The first-order valence-corrected chi connectivity index (χ1v) is 3.81. The van der Waals surface area contributed by atoms with Crippen LogP contribution in [0, 0.1) is 10.1 Å². The highest BCUT2D eigenvalue weighted by atomic mass is 16.7. The second kappa shape index (κ2) is 2.91. The fraction of sp³-hybridized carbons (Fsp3) is 0. The number of rotatable bonds is 2. The first kappa shape index (κ1) is 8.36. The Balaban J connectivity index is 2.85. The standard InChI is InChI=1S/C8H5N3O3/c12-5-8-6-3-1-2-4-7(6)9-10(8)11(13)14/h1-5H. The monoisotopic (exact) mass is 191 g/mol. The van der Waals surface area contributed by atoms with Gasteiger partial charge in [-0.3, -0.25) is 4.79 Å². The van der Waals surface area contributed by atoms with Crippen molar-refractivity contribution in [2.75, 3.05) is 0 Å². The molecule has 0 aliphatic heterocycles. The second-order valence-corrected chi connectivity index (χ2v) is 2.65. The van der Waals surface area contributed by atoms with Crippen molar-refractivity contribution in [1.82, 2.24) is 9.89 Å². The van der Waals surface area contributed by atoms with E-state index in [2.05, 4.69) is 5.10 Å². The molecule has 0 saturated heterocycles. The van der Waals surface area contributed by atoms with Gasteiger partial charge in [0.1, 0.15) is 0 Å². The minimum absolute atomic E-state index is 0.0365. The van der Waals surface area contributed by atoms with Gasteiger partial charge in [-0.25, -0.2) is 0 Å². The summed E-state index contributed by atoms with van der Waals surface area (Å²) in [6.45, 7) is 0. The topological polar surface area (TPSA) is 78.0 Å². The first-order chi connectivity index (χ1) is 6.74. The molecule has 0 N–H and O–H groups in total. The molecule has 0 spiro atoms. The number of aldehydes is 1. The van der Waals surface area contributed by atoms with Gasteiger partial charge >= 0.3 is 0 Å². The van der Waals surface area contributed by atoms with Crippen molar-refractivity contribution in [2.24, 2.45) is 0 Å². The zero-order chi connectivity index (χ0) is 10.1. The summed E-state index contributed by atoms with van der Waals surface area (Å²) in [6, 6.07) is 6.63. The van der Waals surface area contributed by atoms with Crippen molar-refractivity contribution in [2.45, 2.75) is 0 Å². The van der Waals surface area contributed by atoms with E-state index in [1.165, 1.54) is 0 Å². The predicted octanol–water partition coefficient (Wildman–Crippen LogP) is 0.889. The lowest BCUT2D eigenvalue weighted by Gasteiger charge is -1.91. The average molecular weight is 191 g/mol. The minimum Gasteiger partial charge on any atom is -0.339 e. The molecular formula is C8H5N3O3. The lowest BCUT2D eigenvalue weighted by Crippen LogP contribution is -2.13. The van der Waals surface area contributed by atoms with Crippen LogP contribution >= 0.6 is 0 Å². The van der Waals surface area contributed by atoms with Crippen molar-refractivity contribution in [3.8, 4) is 0 Å². The van der Waals surface area contributed by atoms with Crippen molar-refractivity contribution in [3.63, 3.8) is 0 Å². The Morgan fingerprint density at radius 3 is 2.79 bits per heavy atom. The Kier molecular flexibility index (Phi) is 1.74. The van der Waals surface area contributed by atoms with Crippen molar-refractivity contribution >= 4 is 17.2 Å². The number of nitro groups is 1. The van der Waals surface area contributed by atoms with E-state index in [-0.39, 0.29) is 5.69 Å². The highest BCUT2D eigenvalue weighted by molar-refractivity contribution is 5.94. The zero-order valence-electron chi connectivity index (χ0n) is 6.95. The summed E-state index contributed by atoms with van der Waals surface area (Å²) in [5, 5.41) is 13.9. The van der Waals surface area contributed by atoms with Gasteiger partial charge in [-0.15, -0.1) is 0 Å². The Bertz CT molecular complexity index is 518. The molecule has 1 aromatic heterocycles. The molecule has 0 amide bonds. The Morgan fingerprint density at radius 1 is 1.43 bits per heavy atom. The third kappa shape index (κ3) is 1.05. The molecule has 0 fully saturated rings. The third-order valence-corrected chi connectivity index (χ3v) is 1.86. The minimum atomic E-state index is -0.732. The Morgan fingerprint density at radius 2 is 2.14 bits per heavy atom. The number of aromatic nitrogens is 2. The second-order valence-electron chi connectivity index (χ2n) is 2.65. The van der Waals surface area contributed by atoms with Gasteiger partial charge in [0.15, 0.2) is 12.0 Å². The molecule has 2 rings (SSSR count). The molecule has 0 radical (unpaired) electrons. The molecule has 1 heterocycles. The van der Waals surface area contributed by atoms with Gasteiger partial charge in [0.05, 0.1) is 15.5 Å². The van der Waals surface area contributed by atoms with E-state index < -0.39 is 5.03 Å². The molecule has 1 aromatic carbocycles. The number of fused-ring (bicyclic) bond motifs is 1. The average Bonchev–Trinajstić information content (AvgIpc) is 2.56. The van der Waals surface area contributed by atoms with Gasteiger partial charge in [0.2, 0.25) is 5.52 Å². The quantitative estimate of drug-likeness (QED) is 0.401. The number of carbonyl (C=O) groups excluding carboxylic acids is 1. The van der Waals surface area contributed by atoms with Gasteiger partial charge in [-0.1, -0.05) is 12.1 Å². The molecular weight excluding hydrogens is 186 g/mol. The molecule has 2 aromatic rings. The molecule has 14 heavy (non-hydrogen) atoms. The Labute approximate surface area is 77.9 Å². The number of carbonyl (C=O) groups is 1. The Hall–Kier alpha value is -2.24. The molecule has 6 heteroatoms. The van der Waals surface area contributed by atoms with Crippen LogP contribution in [0.25, 0.3) is 10.9 Å². The number of hydrogen-bond donors (Lipinski definition) is 0. The summed E-state index contributed by atoms with van der Waals surface area (Å²) in [4.78, 5) is 21.6. The highest BCUT2D eigenvalue weighted by Gasteiger charge is 2.18.